The van der Waals surface area contributed by atoms with Crippen LogP contribution in [0.25, 0.3) is 0 Å². The van der Waals surface area contributed by atoms with Crippen LogP contribution < -0.4 is 0 Å². The highest BCUT2D eigenvalue weighted by atomic mass is 16.5. The van der Waals surface area contributed by atoms with Gasteiger partial charge in [0.25, 0.3) is 0 Å². The van der Waals surface area contributed by atoms with Crippen molar-refractivity contribution in [3.8, 4) is 0 Å². The van der Waals surface area contributed by atoms with Gasteiger partial charge in [-0.05, 0) is 13.5 Å². The molecule has 0 aromatic carbocycles. The predicted molar refractivity (Wildman–Crippen MR) is 60.9 cm³/mol. The summed E-state index contributed by atoms with van der Waals surface area (Å²) in [6, 6.07) is -0.139. The van der Waals surface area contributed by atoms with E-state index in [2.05, 4.69) is 10.1 Å². The molecule has 18 heavy (non-hydrogen) atoms. The molecule has 1 aliphatic rings. The van der Waals surface area contributed by atoms with Crippen molar-refractivity contribution in [3.05, 3.63) is 11.7 Å². The Morgan fingerprint density at radius 1 is 1.56 bits per heavy atom. The third-order valence-electron chi connectivity index (χ3n) is 3.15. The molecule has 2 rings (SSSR count). The number of carboxylic acids is 1. The second kappa shape index (κ2) is 5.45. The Bertz CT molecular complexity index is 420. The van der Waals surface area contributed by atoms with Gasteiger partial charge in [0.1, 0.15) is 0 Å². The topological polar surface area (TPSA) is 88.7 Å². The molecule has 1 fully saturated rings. The average molecular weight is 255 g/mol. The molecule has 7 nitrogen and oxygen atoms in total. The SMILES string of the molecule is CCN(Cc1nc(C)no1)C1COCC1C(=O)O. The molecular weight excluding hydrogens is 238 g/mol. The van der Waals surface area contributed by atoms with E-state index in [0.29, 0.717) is 31.4 Å². The number of hydrogen-bond donors (Lipinski definition) is 1. The minimum Gasteiger partial charge on any atom is -0.481 e. The minimum atomic E-state index is -0.822. The summed E-state index contributed by atoms with van der Waals surface area (Å²) in [5.41, 5.74) is 0. The highest BCUT2D eigenvalue weighted by molar-refractivity contribution is 5.71. The number of nitrogens with zero attached hydrogens (tertiary/aromatic N) is 3. The van der Waals surface area contributed by atoms with Gasteiger partial charge in [0.05, 0.1) is 25.7 Å². The maximum absolute atomic E-state index is 11.1. The van der Waals surface area contributed by atoms with Crippen molar-refractivity contribution in [2.45, 2.75) is 26.4 Å². The van der Waals surface area contributed by atoms with Crippen LogP contribution in [0.1, 0.15) is 18.6 Å². The molecule has 1 aliphatic heterocycles. The first kappa shape index (κ1) is 13.0. The fourth-order valence-corrected chi connectivity index (χ4v) is 2.18. The smallest absolute Gasteiger partial charge is 0.310 e. The molecule has 0 radical (unpaired) electrons. The van der Waals surface area contributed by atoms with Gasteiger partial charge < -0.3 is 14.4 Å². The van der Waals surface area contributed by atoms with E-state index in [0.717, 1.165) is 0 Å². The molecule has 0 spiro atoms. The number of carbonyl (C=O) groups is 1. The van der Waals surface area contributed by atoms with Gasteiger partial charge >= 0.3 is 5.97 Å². The van der Waals surface area contributed by atoms with Crippen molar-refractivity contribution in [1.82, 2.24) is 15.0 Å². The molecule has 0 bridgehead atoms. The van der Waals surface area contributed by atoms with Crippen LogP contribution in [0.5, 0.6) is 0 Å². The predicted octanol–water partition coefficient (Wildman–Crippen LogP) is 0.300. The summed E-state index contributed by atoms with van der Waals surface area (Å²) in [7, 11) is 0. The van der Waals surface area contributed by atoms with Crippen LogP contribution in [0.2, 0.25) is 0 Å². The van der Waals surface area contributed by atoms with Crippen LogP contribution in [-0.2, 0) is 16.1 Å². The molecule has 2 atom stereocenters. The van der Waals surface area contributed by atoms with Gasteiger partial charge in [0.2, 0.25) is 5.89 Å². The number of rotatable bonds is 5. The highest BCUT2D eigenvalue weighted by Gasteiger charge is 2.37. The fourth-order valence-electron chi connectivity index (χ4n) is 2.18. The first-order chi connectivity index (χ1) is 8.61. The van der Waals surface area contributed by atoms with Crippen LogP contribution in [0, 0.1) is 12.8 Å². The van der Waals surface area contributed by atoms with Gasteiger partial charge in [0.15, 0.2) is 5.82 Å². The lowest BCUT2D eigenvalue weighted by Gasteiger charge is -2.27. The van der Waals surface area contributed by atoms with Crippen molar-refractivity contribution < 1.29 is 19.2 Å². The van der Waals surface area contributed by atoms with Gasteiger partial charge in [0, 0.05) is 6.04 Å². The normalized spacial score (nSPS) is 23.7. The van der Waals surface area contributed by atoms with E-state index in [-0.39, 0.29) is 12.6 Å². The Morgan fingerprint density at radius 2 is 2.33 bits per heavy atom. The van der Waals surface area contributed by atoms with Gasteiger partial charge in [-0.15, -0.1) is 0 Å². The molecule has 0 amide bonds. The van der Waals surface area contributed by atoms with Gasteiger partial charge in [-0.25, -0.2) is 0 Å². The summed E-state index contributed by atoms with van der Waals surface area (Å²) in [4.78, 5) is 17.3. The van der Waals surface area contributed by atoms with E-state index in [1.165, 1.54) is 0 Å². The second-order valence-electron chi connectivity index (χ2n) is 4.35. The molecule has 0 aliphatic carbocycles. The Kier molecular flexibility index (Phi) is 3.93. The lowest BCUT2D eigenvalue weighted by Crippen LogP contribution is -2.42. The Labute approximate surface area is 105 Å². The Balaban J connectivity index is 2.06. The first-order valence-corrected chi connectivity index (χ1v) is 5.95. The molecule has 1 saturated heterocycles. The number of carboxylic acid groups (broad SMARTS) is 1. The van der Waals surface area contributed by atoms with E-state index >= 15 is 0 Å². The Hall–Kier alpha value is -1.47. The zero-order chi connectivity index (χ0) is 13.1. The molecule has 1 aromatic rings. The van der Waals surface area contributed by atoms with Crippen molar-refractivity contribution >= 4 is 5.97 Å². The van der Waals surface area contributed by atoms with E-state index < -0.39 is 11.9 Å². The summed E-state index contributed by atoms with van der Waals surface area (Å²) in [5, 5.41) is 12.9. The molecule has 100 valence electrons. The summed E-state index contributed by atoms with van der Waals surface area (Å²) in [6.45, 7) is 5.58. The maximum Gasteiger partial charge on any atom is 0.310 e. The molecule has 0 saturated carbocycles. The van der Waals surface area contributed by atoms with Crippen molar-refractivity contribution in [2.75, 3.05) is 19.8 Å². The van der Waals surface area contributed by atoms with E-state index in [1.54, 1.807) is 6.92 Å². The van der Waals surface area contributed by atoms with Crippen molar-refractivity contribution in [3.63, 3.8) is 0 Å². The van der Waals surface area contributed by atoms with Crippen LogP contribution in [0.3, 0.4) is 0 Å². The van der Waals surface area contributed by atoms with Gasteiger partial charge in [-0.3, -0.25) is 9.69 Å². The molecule has 2 unspecified atom stereocenters. The number of ether oxygens (including phenoxy) is 1. The lowest BCUT2D eigenvalue weighted by atomic mass is 10.0. The molecular formula is C11H17N3O4. The second-order valence-corrected chi connectivity index (χ2v) is 4.35. The number of aromatic nitrogens is 2. The fraction of sp³-hybridized carbons (Fsp3) is 0.727. The average Bonchev–Trinajstić information content (AvgIpc) is 2.94. The zero-order valence-corrected chi connectivity index (χ0v) is 10.5. The van der Waals surface area contributed by atoms with Crippen LogP contribution in [-0.4, -0.2) is 51.9 Å². The van der Waals surface area contributed by atoms with Crippen LogP contribution in [0.15, 0.2) is 4.52 Å². The summed E-state index contributed by atoms with van der Waals surface area (Å²) in [6.07, 6.45) is 0. The van der Waals surface area contributed by atoms with E-state index in [1.807, 2.05) is 11.8 Å². The molecule has 1 aromatic heterocycles. The van der Waals surface area contributed by atoms with Crippen molar-refractivity contribution in [1.29, 1.82) is 0 Å². The summed E-state index contributed by atoms with van der Waals surface area (Å²) >= 11 is 0. The number of hydrogen-bond acceptors (Lipinski definition) is 6. The number of aliphatic carboxylic acids is 1. The zero-order valence-electron chi connectivity index (χ0n) is 10.5. The monoisotopic (exact) mass is 255 g/mol. The van der Waals surface area contributed by atoms with Gasteiger partial charge in [-0.2, -0.15) is 4.98 Å². The minimum absolute atomic E-state index is 0.139. The molecule has 7 heteroatoms. The summed E-state index contributed by atoms with van der Waals surface area (Å²) in [5.74, 6) is -0.226. The highest BCUT2D eigenvalue weighted by Crippen LogP contribution is 2.21. The number of likely N-dealkylation sites (N-methyl/N-ethyl adjacent to an activating group) is 1. The number of aryl methyl sites for hydroxylation is 1. The van der Waals surface area contributed by atoms with E-state index in [9.17, 15) is 4.79 Å². The standard InChI is InChI=1S/C11H17N3O4/c1-3-14(4-10-12-7(2)13-18-10)9-6-17-5-8(9)11(15)16/h8-9H,3-6H2,1-2H3,(H,15,16). The largest absolute Gasteiger partial charge is 0.481 e. The van der Waals surface area contributed by atoms with Crippen molar-refractivity contribution in [2.24, 2.45) is 5.92 Å². The maximum atomic E-state index is 11.1. The molecule has 2 heterocycles. The van der Waals surface area contributed by atoms with Crippen LogP contribution >= 0.6 is 0 Å². The quantitative estimate of drug-likeness (QED) is 0.809. The lowest BCUT2D eigenvalue weighted by molar-refractivity contribution is -0.143. The third kappa shape index (κ3) is 2.68. The molecule has 1 N–H and O–H groups in total. The van der Waals surface area contributed by atoms with Gasteiger partial charge in [-0.1, -0.05) is 12.1 Å². The summed E-state index contributed by atoms with van der Waals surface area (Å²) < 4.78 is 10.3. The van der Waals surface area contributed by atoms with E-state index in [4.69, 9.17) is 14.4 Å². The third-order valence-corrected chi connectivity index (χ3v) is 3.15. The first-order valence-electron chi connectivity index (χ1n) is 5.95. The Morgan fingerprint density at radius 3 is 2.89 bits per heavy atom. The van der Waals surface area contributed by atoms with Crippen LogP contribution in [0.4, 0.5) is 0 Å².